The Morgan fingerprint density at radius 1 is 1.43 bits per heavy atom. The summed E-state index contributed by atoms with van der Waals surface area (Å²) < 4.78 is 10.7. The summed E-state index contributed by atoms with van der Waals surface area (Å²) >= 11 is 0. The van der Waals surface area contributed by atoms with Crippen LogP contribution in [-0.4, -0.2) is 47.7 Å². The molecule has 1 fully saturated rings. The van der Waals surface area contributed by atoms with Crippen LogP contribution in [0.5, 0.6) is 0 Å². The molecule has 0 bridgehead atoms. The van der Waals surface area contributed by atoms with Crippen molar-refractivity contribution in [2.24, 2.45) is 5.41 Å². The van der Waals surface area contributed by atoms with E-state index in [1.807, 2.05) is 6.92 Å². The minimum absolute atomic E-state index is 0.0416. The van der Waals surface area contributed by atoms with Crippen LogP contribution in [0.25, 0.3) is 0 Å². The molecule has 0 radical (unpaired) electrons. The summed E-state index contributed by atoms with van der Waals surface area (Å²) in [7, 11) is 1.71. The third-order valence-electron chi connectivity index (χ3n) is 4.31. The normalized spacial score (nSPS) is 23.4. The molecule has 0 spiro atoms. The zero-order chi connectivity index (χ0) is 15.8. The van der Waals surface area contributed by atoms with Gasteiger partial charge in [-0.1, -0.05) is 13.8 Å². The highest BCUT2D eigenvalue weighted by Crippen LogP contribution is 2.45. The smallest absolute Gasteiger partial charge is 0.371 e. The fourth-order valence-electron chi connectivity index (χ4n) is 2.89. The quantitative estimate of drug-likeness (QED) is 0.901. The number of rotatable bonds is 5. The summed E-state index contributed by atoms with van der Waals surface area (Å²) in [6, 6.07) is 2.73. The summed E-state index contributed by atoms with van der Waals surface area (Å²) in [4.78, 5) is 24.8. The van der Waals surface area contributed by atoms with E-state index in [1.54, 1.807) is 11.9 Å². The van der Waals surface area contributed by atoms with Crippen LogP contribution in [0.15, 0.2) is 16.5 Å². The van der Waals surface area contributed by atoms with Crippen molar-refractivity contribution in [2.45, 2.75) is 39.3 Å². The van der Waals surface area contributed by atoms with E-state index in [-0.39, 0.29) is 35.0 Å². The minimum Gasteiger partial charge on any atom is -0.475 e. The van der Waals surface area contributed by atoms with E-state index < -0.39 is 5.97 Å². The predicted molar refractivity (Wildman–Crippen MR) is 75.4 cm³/mol. The molecule has 2 atom stereocenters. The van der Waals surface area contributed by atoms with Crippen molar-refractivity contribution < 1.29 is 23.8 Å². The Bertz CT molecular complexity index is 548. The molecule has 1 amide bonds. The molecule has 0 unspecified atom stereocenters. The Hall–Kier alpha value is -1.82. The number of nitrogens with zero attached hydrogens (tertiary/aromatic N) is 1. The molecule has 6 nitrogen and oxygen atoms in total. The van der Waals surface area contributed by atoms with E-state index in [9.17, 15) is 9.59 Å². The SMILES string of the molecule is CCO[C@H]1C[C@@H](N(C)C(=O)c2ccc(C(=O)O)o2)C1(C)C. The van der Waals surface area contributed by atoms with E-state index >= 15 is 0 Å². The fraction of sp³-hybridized carbons (Fsp3) is 0.600. The van der Waals surface area contributed by atoms with Crippen molar-refractivity contribution in [1.29, 1.82) is 0 Å². The molecule has 116 valence electrons. The van der Waals surface area contributed by atoms with Crippen LogP contribution in [0, 0.1) is 5.41 Å². The first kappa shape index (κ1) is 15.6. The number of carbonyl (C=O) groups is 2. The lowest BCUT2D eigenvalue weighted by Crippen LogP contribution is -2.62. The molecule has 0 saturated heterocycles. The molecule has 1 heterocycles. The van der Waals surface area contributed by atoms with Crippen LogP contribution >= 0.6 is 0 Å². The molecule has 2 rings (SSSR count). The zero-order valence-corrected chi connectivity index (χ0v) is 12.8. The average molecular weight is 295 g/mol. The number of carbonyl (C=O) groups excluding carboxylic acids is 1. The van der Waals surface area contributed by atoms with Crippen molar-refractivity contribution in [3.63, 3.8) is 0 Å². The van der Waals surface area contributed by atoms with Gasteiger partial charge in [0, 0.05) is 25.1 Å². The van der Waals surface area contributed by atoms with Gasteiger partial charge in [-0.3, -0.25) is 4.79 Å². The molecule has 0 aliphatic heterocycles. The fourth-order valence-corrected chi connectivity index (χ4v) is 2.89. The third kappa shape index (κ3) is 2.68. The third-order valence-corrected chi connectivity index (χ3v) is 4.31. The molecule has 1 N–H and O–H groups in total. The van der Waals surface area contributed by atoms with Crippen LogP contribution in [0.1, 0.15) is 48.3 Å². The molecule has 1 aliphatic carbocycles. The second-order valence-electron chi connectivity index (χ2n) is 5.90. The summed E-state index contributed by atoms with van der Waals surface area (Å²) in [6.45, 7) is 6.74. The Morgan fingerprint density at radius 2 is 2.05 bits per heavy atom. The Morgan fingerprint density at radius 3 is 2.52 bits per heavy atom. The largest absolute Gasteiger partial charge is 0.475 e. The number of aromatic carboxylic acids is 1. The van der Waals surface area contributed by atoms with Gasteiger partial charge in [0.15, 0.2) is 5.76 Å². The van der Waals surface area contributed by atoms with Crippen LogP contribution < -0.4 is 0 Å². The maximum atomic E-state index is 12.4. The van der Waals surface area contributed by atoms with Crippen molar-refractivity contribution in [3.05, 3.63) is 23.7 Å². The molecule has 6 heteroatoms. The molecule has 21 heavy (non-hydrogen) atoms. The first-order chi connectivity index (χ1) is 9.78. The molecule has 1 aromatic heterocycles. The monoisotopic (exact) mass is 295 g/mol. The van der Waals surface area contributed by atoms with E-state index in [4.69, 9.17) is 14.3 Å². The Balaban J connectivity index is 2.08. The number of amides is 1. The van der Waals surface area contributed by atoms with Crippen LogP contribution in [0.3, 0.4) is 0 Å². The van der Waals surface area contributed by atoms with Crippen molar-refractivity contribution in [3.8, 4) is 0 Å². The molecule has 1 aliphatic rings. The van der Waals surface area contributed by atoms with Gasteiger partial charge in [-0.25, -0.2) is 4.79 Å². The predicted octanol–water partition coefficient (Wildman–Crippen LogP) is 2.25. The Kier molecular flexibility index (Phi) is 4.09. The van der Waals surface area contributed by atoms with Gasteiger partial charge in [-0.05, 0) is 25.5 Å². The highest BCUT2D eigenvalue weighted by atomic mass is 16.5. The Labute approximate surface area is 123 Å². The number of ether oxygens (including phenoxy) is 1. The van der Waals surface area contributed by atoms with Crippen LogP contribution in [0.2, 0.25) is 0 Å². The first-order valence-corrected chi connectivity index (χ1v) is 7.01. The summed E-state index contributed by atoms with van der Waals surface area (Å²) in [6.07, 6.45) is 0.907. The van der Waals surface area contributed by atoms with Gasteiger partial charge < -0.3 is 19.2 Å². The van der Waals surface area contributed by atoms with E-state index in [2.05, 4.69) is 13.8 Å². The van der Waals surface area contributed by atoms with Gasteiger partial charge in [0.25, 0.3) is 5.91 Å². The highest BCUT2D eigenvalue weighted by Gasteiger charge is 2.52. The number of carboxylic acids is 1. The van der Waals surface area contributed by atoms with Crippen LogP contribution in [-0.2, 0) is 4.74 Å². The number of hydrogen-bond donors (Lipinski definition) is 1. The van der Waals surface area contributed by atoms with Crippen LogP contribution in [0.4, 0.5) is 0 Å². The summed E-state index contributed by atoms with van der Waals surface area (Å²) in [5.74, 6) is -1.68. The van der Waals surface area contributed by atoms with Gasteiger partial charge in [0.2, 0.25) is 5.76 Å². The first-order valence-electron chi connectivity index (χ1n) is 7.01. The lowest BCUT2D eigenvalue weighted by molar-refractivity contribution is -0.137. The zero-order valence-electron chi connectivity index (χ0n) is 12.8. The molecular formula is C15H21NO5. The summed E-state index contributed by atoms with van der Waals surface area (Å²) in [5.41, 5.74) is -0.136. The van der Waals surface area contributed by atoms with Crippen molar-refractivity contribution in [1.82, 2.24) is 4.90 Å². The van der Waals surface area contributed by atoms with Gasteiger partial charge in [0.05, 0.1) is 6.10 Å². The van der Waals surface area contributed by atoms with E-state index in [1.165, 1.54) is 12.1 Å². The van der Waals surface area contributed by atoms with Gasteiger partial charge in [-0.2, -0.15) is 0 Å². The highest BCUT2D eigenvalue weighted by molar-refractivity contribution is 5.93. The lowest BCUT2D eigenvalue weighted by Gasteiger charge is -2.54. The second kappa shape index (κ2) is 5.52. The minimum atomic E-state index is -1.18. The standard InChI is InChI=1S/C15H21NO5/c1-5-20-12-8-11(15(12,2)3)16(4)13(17)9-6-7-10(21-9)14(18)19/h6-7,11-12H,5,8H2,1-4H3,(H,18,19)/t11-,12+/m1/s1. The van der Waals surface area contributed by atoms with Gasteiger partial charge in [-0.15, -0.1) is 0 Å². The second-order valence-corrected chi connectivity index (χ2v) is 5.90. The van der Waals surface area contributed by atoms with E-state index in [0.717, 1.165) is 6.42 Å². The van der Waals surface area contributed by atoms with Gasteiger partial charge >= 0.3 is 5.97 Å². The maximum Gasteiger partial charge on any atom is 0.371 e. The molecular weight excluding hydrogens is 274 g/mol. The molecule has 1 saturated carbocycles. The van der Waals surface area contributed by atoms with Gasteiger partial charge in [0.1, 0.15) is 0 Å². The number of furan rings is 1. The van der Waals surface area contributed by atoms with Crippen molar-refractivity contribution >= 4 is 11.9 Å². The van der Waals surface area contributed by atoms with E-state index in [0.29, 0.717) is 6.61 Å². The average Bonchev–Trinajstić information content (AvgIpc) is 2.91. The molecule has 1 aromatic rings. The number of carboxylic acid groups (broad SMARTS) is 1. The summed E-state index contributed by atoms with van der Waals surface area (Å²) in [5, 5.41) is 8.83. The maximum absolute atomic E-state index is 12.4. The topological polar surface area (TPSA) is 80.0 Å². The lowest BCUT2D eigenvalue weighted by atomic mass is 9.64. The molecule has 0 aromatic carbocycles. The van der Waals surface area contributed by atoms with Crippen molar-refractivity contribution in [2.75, 3.05) is 13.7 Å². The number of hydrogen-bond acceptors (Lipinski definition) is 4.